The Morgan fingerprint density at radius 3 is 2.65 bits per heavy atom. The molecule has 8 heteroatoms. The molecule has 0 unspecified atom stereocenters. The highest BCUT2D eigenvalue weighted by Crippen LogP contribution is 2.35. The first-order valence-corrected chi connectivity index (χ1v) is 11.5. The van der Waals surface area contributed by atoms with Gasteiger partial charge in [0, 0.05) is 41.4 Å². The van der Waals surface area contributed by atoms with Gasteiger partial charge in [0.05, 0.1) is 6.54 Å². The number of anilines is 1. The molecule has 7 nitrogen and oxygen atoms in total. The maximum Gasteiger partial charge on any atom is 0.253 e. The number of hydrogen-bond acceptors (Lipinski definition) is 6. The van der Waals surface area contributed by atoms with Crippen molar-refractivity contribution in [3.63, 3.8) is 0 Å². The molecular formula is C23H27N3O4S. The number of thioether (sulfide) groups is 1. The van der Waals surface area contributed by atoms with Crippen molar-refractivity contribution in [1.29, 1.82) is 0 Å². The summed E-state index contributed by atoms with van der Waals surface area (Å²) in [6.45, 7) is 5.90. The first-order chi connectivity index (χ1) is 14.9. The van der Waals surface area contributed by atoms with Gasteiger partial charge in [0.25, 0.3) is 5.91 Å². The molecule has 31 heavy (non-hydrogen) atoms. The molecule has 2 aromatic rings. The van der Waals surface area contributed by atoms with E-state index in [0.29, 0.717) is 17.0 Å². The molecular weight excluding hydrogens is 414 g/mol. The van der Waals surface area contributed by atoms with Crippen LogP contribution < -0.4 is 20.1 Å². The fraction of sp³-hybridized carbons (Fsp3) is 0.391. The molecule has 0 saturated carbocycles. The lowest BCUT2D eigenvalue weighted by Crippen LogP contribution is -2.41. The Hall–Kier alpha value is -2.71. The van der Waals surface area contributed by atoms with Crippen molar-refractivity contribution < 1.29 is 19.1 Å². The molecule has 1 saturated heterocycles. The lowest BCUT2D eigenvalue weighted by molar-refractivity contribution is -0.115. The molecule has 164 valence electrons. The molecule has 2 aromatic carbocycles. The summed E-state index contributed by atoms with van der Waals surface area (Å²) in [6, 6.07) is 12.9. The Balaban J connectivity index is 1.35. The summed E-state index contributed by atoms with van der Waals surface area (Å²) < 4.78 is 10.8. The quantitative estimate of drug-likeness (QED) is 0.717. The van der Waals surface area contributed by atoms with Crippen LogP contribution >= 0.6 is 11.8 Å². The number of fused-ring (bicyclic) bond motifs is 1. The minimum Gasteiger partial charge on any atom is -0.454 e. The highest BCUT2D eigenvalue weighted by atomic mass is 32.2. The highest BCUT2D eigenvalue weighted by Gasteiger charge is 2.24. The lowest BCUT2D eigenvalue weighted by Gasteiger charge is -2.27. The standard InChI is InChI=1S/C23H27N3O4S/c1-23(2,17-6-7-19-20(13-17)30-15-29-19)24-14-21(27)25-18-5-3-4-16(12-18)22(28)26-8-10-31-11-9-26/h3-7,12-13,24H,8-11,14-15H2,1-2H3,(H,25,27). The monoisotopic (exact) mass is 441 g/mol. The van der Waals surface area contributed by atoms with Gasteiger partial charge in [0.2, 0.25) is 12.7 Å². The lowest BCUT2D eigenvalue weighted by atomic mass is 9.94. The van der Waals surface area contributed by atoms with Crippen LogP contribution in [0.2, 0.25) is 0 Å². The Morgan fingerprint density at radius 2 is 1.84 bits per heavy atom. The van der Waals surface area contributed by atoms with Gasteiger partial charge in [-0.25, -0.2) is 0 Å². The molecule has 2 N–H and O–H groups in total. The second kappa shape index (κ2) is 9.20. The zero-order chi connectivity index (χ0) is 21.8. The second-order valence-corrected chi connectivity index (χ2v) is 9.30. The molecule has 0 radical (unpaired) electrons. The largest absolute Gasteiger partial charge is 0.454 e. The van der Waals surface area contributed by atoms with Gasteiger partial charge in [-0.2, -0.15) is 11.8 Å². The number of rotatable bonds is 6. The third-order valence-electron chi connectivity index (χ3n) is 5.48. The average Bonchev–Trinajstić information content (AvgIpc) is 3.26. The van der Waals surface area contributed by atoms with Crippen LogP contribution in [0.25, 0.3) is 0 Å². The summed E-state index contributed by atoms with van der Waals surface area (Å²) in [5.74, 6) is 3.21. The minimum atomic E-state index is -0.442. The molecule has 2 aliphatic heterocycles. The van der Waals surface area contributed by atoms with Gasteiger partial charge in [-0.05, 0) is 49.7 Å². The summed E-state index contributed by atoms with van der Waals surface area (Å²) in [7, 11) is 0. The Bertz CT molecular complexity index is 973. The number of carbonyl (C=O) groups is 2. The maximum absolute atomic E-state index is 12.7. The van der Waals surface area contributed by atoms with Gasteiger partial charge in [-0.3, -0.25) is 14.9 Å². The van der Waals surface area contributed by atoms with Crippen LogP contribution in [0.4, 0.5) is 5.69 Å². The predicted octanol–water partition coefficient (Wildman–Crippen LogP) is 3.07. The molecule has 0 aliphatic carbocycles. The van der Waals surface area contributed by atoms with Crippen molar-refractivity contribution in [2.45, 2.75) is 19.4 Å². The van der Waals surface area contributed by atoms with E-state index in [1.54, 1.807) is 24.3 Å². The van der Waals surface area contributed by atoms with Crippen molar-refractivity contribution in [3.8, 4) is 11.5 Å². The number of ether oxygens (including phenoxy) is 2. The topological polar surface area (TPSA) is 79.9 Å². The Labute approximate surface area is 186 Å². The van der Waals surface area contributed by atoms with E-state index in [0.717, 1.165) is 35.9 Å². The van der Waals surface area contributed by atoms with Crippen LogP contribution in [0.15, 0.2) is 42.5 Å². The van der Waals surface area contributed by atoms with Crippen LogP contribution in [-0.2, 0) is 10.3 Å². The van der Waals surface area contributed by atoms with Crippen molar-refractivity contribution in [2.75, 3.05) is 43.2 Å². The van der Waals surface area contributed by atoms with Crippen LogP contribution in [0.1, 0.15) is 29.8 Å². The normalized spacial score (nSPS) is 15.6. The number of benzene rings is 2. The van der Waals surface area contributed by atoms with E-state index in [1.165, 1.54) is 0 Å². The summed E-state index contributed by atoms with van der Waals surface area (Å²) in [5, 5.41) is 6.17. The highest BCUT2D eigenvalue weighted by molar-refractivity contribution is 7.99. The van der Waals surface area contributed by atoms with Gasteiger partial charge < -0.3 is 19.7 Å². The number of carbonyl (C=O) groups excluding carboxylic acids is 2. The van der Waals surface area contributed by atoms with Crippen molar-refractivity contribution >= 4 is 29.3 Å². The molecule has 2 aliphatic rings. The third-order valence-corrected chi connectivity index (χ3v) is 6.42. The van der Waals surface area contributed by atoms with E-state index in [-0.39, 0.29) is 25.2 Å². The van der Waals surface area contributed by atoms with Crippen LogP contribution in [0, 0.1) is 0 Å². The molecule has 0 atom stereocenters. The zero-order valence-electron chi connectivity index (χ0n) is 17.8. The van der Waals surface area contributed by atoms with Gasteiger partial charge in [0.15, 0.2) is 11.5 Å². The molecule has 2 heterocycles. The first-order valence-electron chi connectivity index (χ1n) is 10.3. The fourth-order valence-corrected chi connectivity index (χ4v) is 4.48. The summed E-state index contributed by atoms with van der Waals surface area (Å²) >= 11 is 1.86. The molecule has 0 bridgehead atoms. The van der Waals surface area contributed by atoms with Crippen molar-refractivity contribution in [3.05, 3.63) is 53.6 Å². The van der Waals surface area contributed by atoms with Gasteiger partial charge in [-0.1, -0.05) is 12.1 Å². The number of nitrogens with one attached hydrogen (secondary N) is 2. The Morgan fingerprint density at radius 1 is 1.06 bits per heavy atom. The van der Waals surface area contributed by atoms with E-state index in [9.17, 15) is 9.59 Å². The van der Waals surface area contributed by atoms with Gasteiger partial charge in [-0.15, -0.1) is 0 Å². The third kappa shape index (κ3) is 5.14. The molecule has 1 fully saturated rings. The van der Waals surface area contributed by atoms with Crippen LogP contribution in [0.3, 0.4) is 0 Å². The minimum absolute atomic E-state index is 0.0125. The maximum atomic E-state index is 12.7. The zero-order valence-corrected chi connectivity index (χ0v) is 18.6. The SMILES string of the molecule is CC(C)(NCC(=O)Nc1cccc(C(=O)N2CCSCC2)c1)c1ccc2c(c1)OCO2. The molecule has 4 rings (SSSR count). The Kier molecular flexibility index (Phi) is 6.38. The van der Waals surface area contributed by atoms with Crippen LogP contribution in [-0.4, -0.2) is 54.6 Å². The summed E-state index contributed by atoms with van der Waals surface area (Å²) in [4.78, 5) is 27.1. The average molecular weight is 442 g/mol. The van der Waals surface area contributed by atoms with E-state index in [2.05, 4.69) is 10.6 Å². The van der Waals surface area contributed by atoms with Gasteiger partial charge >= 0.3 is 0 Å². The number of nitrogens with zero attached hydrogens (tertiary/aromatic N) is 1. The smallest absolute Gasteiger partial charge is 0.253 e. The van der Waals surface area contributed by atoms with E-state index in [4.69, 9.17) is 9.47 Å². The van der Waals surface area contributed by atoms with Gasteiger partial charge in [0.1, 0.15) is 0 Å². The summed E-state index contributed by atoms with van der Waals surface area (Å²) in [6.07, 6.45) is 0. The summed E-state index contributed by atoms with van der Waals surface area (Å²) in [5.41, 5.74) is 1.77. The molecule has 0 aromatic heterocycles. The van der Waals surface area contributed by atoms with Crippen molar-refractivity contribution in [2.24, 2.45) is 0 Å². The van der Waals surface area contributed by atoms with E-state index < -0.39 is 5.54 Å². The predicted molar refractivity (Wildman–Crippen MR) is 122 cm³/mol. The van der Waals surface area contributed by atoms with Crippen molar-refractivity contribution in [1.82, 2.24) is 10.2 Å². The fourth-order valence-electron chi connectivity index (χ4n) is 3.57. The molecule has 0 spiro atoms. The van der Waals surface area contributed by atoms with E-state index in [1.807, 2.05) is 48.7 Å². The first kappa shape index (κ1) is 21.5. The molecule has 2 amide bonds. The number of hydrogen-bond donors (Lipinski definition) is 2. The van der Waals surface area contributed by atoms with E-state index >= 15 is 0 Å². The number of amides is 2. The second-order valence-electron chi connectivity index (χ2n) is 8.08. The van der Waals surface area contributed by atoms with Crippen LogP contribution in [0.5, 0.6) is 11.5 Å².